The predicted octanol–water partition coefficient (Wildman–Crippen LogP) is 1.35. The number of amides is 1. The highest BCUT2D eigenvalue weighted by atomic mass is 16.1. The summed E-state index contributed by atoms with van der Waals surface area (Å²) >= 11 is 0. The van der Waals surface area contributed by atoms with Crippen LogP contribution < -0.4 is 11.1 Å². The number of hydrogen-bond donors (Lipinski definition) is 2. The van der Waals surface area contributed by atoms with Crippen molar-refractivity contribution < 1.29 is 4.79 Å². The van der Waals surface area contributed by atoms with Gasteiger partial charge in [0.2, 0.25) is 5.91 Å². The number of carbonyl (C=O) groups is 1. The molecule has 1 saturated heterocycles. The Morgan fingerprint density at radius 2 is 2.00 bits per heavy atom. The summed E-state index contributed by atoms with van der Waals surface area (Å²) in [5.74, 6) is 1.28. The van der Waals surface area contributed by atoms with Crippen LogP contribution in [0.5, 0.6) is 0 Å². The van der Waals surface area contributed by atoms with E-state index in [1.54, 1.807) is 0 Å². The molecule has 0 aromatic rings. The zero-order valence-electron chi connectivity index (χ0n) is 12.2. The molecule has 0 radical (unpaired) electrons. The zero-order valence-corrected chi connectivity index (χ0v) is 12.2. The van der Waals surface area contributed by atoms with Crippen LogP contribution in [0.25, 0.3) is 0 Å². The van der Waals surface area contributed by atoms with Gasteiger partial charge in [0, 0.05) is 25.7 Å². The smallest absolute Gasteiger partial charge is 0.224 e. The third-order valence-electron chi connectivity index (χ3n) is 4.77. The van der Waals surface area contributed by atoms with Crippen LogP contribution in [0.2, 0.25) is 0 Å². The van der Waals surface area contributed by atoms with Gasteiger partial charge < -0.3 is 11.1 Å². The first-order valence-corrected chi connectivity index (χ1v) is 7.92. The average molecular weight is 267 g/mol. The van der Waals surface area contributed by atoms with E-state index in [9.17, 15) is 4.79 Å². The van der Waals surface area contributed by atoms with Gasteiger partial charge in [-0.2, -0.15) is 0 Å². The standard InChI is InChI=1S/C15H29N3O/c1-12-4-6-14(7-5-12)18-10-2-3-13(11-18)15(19)17-9-8-16/h12-14H,2-11,16H2,1H3,(H,17,19). The molecule has 2 fully saturated rings. The second kappa shape index (κ2) is 7.25. The molecule has 4 heteroatoms. The summed E-state index contributed by atoms with van der Waals surface area (Å²) in [6, 6.07) is 0.723. The number of rotatable bonds is 4. The maximum atomic E-state index is 12.0. The Labute approximate surface area is 117 Å². The quantitative estimate of drug-likeness (QED) is 0.808. The van der Waals surface area contributed by atoms with E-state index < -0.39 is 0 Å². The van der Waals surface area contributed by atoms with Crippen LogP contribution in [0.4, 0.5) is 0 Å². The largest absolute Gasteiger partial charge is 0.355 e. The Balaban J connectivity index is 1.81. The molecular weight excluding hydrogens is 238 g/mol. The molecule has 0 aromatic heterocycles. The molecule has 4 nitrogen and oxygen atoms in total. The maximum Gasteiger partial charge on any atom is 0.224 e. The molecule has 2 rings (SSSR count). The van der Waals surface area contributed by atoms with Crippen molar-refractivity contribution in [3.8, 4) is 0 Å². The second-order valence-corrected chi connectivity index (χ2v) is 6.33. The van der Waals surface area contributed by atoms with Gasteiger partial charge in [0.25, 0.3) is 0 Å². The second-order valence-electron chi connectivity index (χ2n) is 6.33. The van der Waals surface area contributed by atoms with Crippen LogP contribution in [-0.2, 0) is 4.79 Å². The molecule has 1 unspecified atom stereocenters. The number of likely N-dealkylation sites (tertiary alicyclic amines) is 1. The van der Waals surface area contributed by atoms with Crippen LogP contribution in [-0.4, -0.2) is 43.0 Å². The van der Waals surface area contributed by atoms with Crippen molar-refractivity contribution in [1.82, 2.24) is 10.2 Å². The summed E-state index contributed by atoms with van der Waals surface area (Å²) in [5.41, 5.74) is 5.44. The molecule has 0 bridgehead atoms. The molecule has 3 N–H and O–H groups in total. The van der Waals surface area contributed by atoms with Crippen LogP contribution in [0.3, 0.4) is 0 Å². The summed E-state index contributed by atoms with van der Waals surface area (Å²) in [7, 11) is 0. The van der Waals surface area contributed by atoms with Crippen LogP contribution in [0.15, 0.2) is 0 Å². The van der Waals surface area contributed by atoms with Crippen LogP contribution >= 0.6 is 0 Å². The van der Waals surface area contributed by atoms with Crippen molar-refractivity contribution >= 4 is 5.91 Å². The van der Waals surface area contributed by atoms with Crippen LogP contribution in [0.1, 0.15) is 45.4 Å². The Morgan fingerprint density at radius 1 is 1.26 bits per heavy atom. The van der Waals surface area contributed by atoms with Gasteiger partial charge in [-0.15, -0.1) is 0 Å². The molecule has 1 saturated carbocycles. The van der Waals surface area contributed by atoms with Gasteiger partial charge in [0.1, 0.15) is 0 Å². The van der Waals surface area contributed by atoms with Gasteiger partial charge >= 0.3 is 0 Å². The minimum absolute atomic E-state index is 0.180. The summed E-state index contributed by atoms with van der Waals surface area (Å²) in [4.78, 5) is 14.6. The van der Waals surface area contributed by atoms with E-state index in [1.807, 2.05) is 0 Å². The maximum absolute atomic E-state index is 12.0. The molecule has 1 amide bonds. The fourth-order valence-electron chi connectivity index (χ4n) is 3.50. The Bertz CT molecular complexity index is 287. The van der Waals surface area contributed by atoms with Crippen molar-refractivity contribution in [2.75, 3.05) is 26.2 Å². The highest BCUT2D eigenvalue weighted by Crippen LogP contribution is 2.30. The lowest BCUT2D eigenvalue weighted by molar-refractivity contribution is -0.127. The van der Waals surface area contributed by atoms with E-state index in [4.69, 9.17) is 5.73 Å². The minimum atomic E-state index is 0.180. The Kier molecular flexibility index (Phi) is 5.64. The number of nitrogens with zero attached hydrogens (tertiary/aromatic N) is 1. The highest BCUT2D eigenvalue weighted by molar-refractivity contribution is 5.78. The SMILES string of the molecule is CC1CCC(N2CCCC(C(=O)NCCN)C2)CC1. The molecule has 1 aliphatic heterocycles. The van der Waals surface area contributed by atoms with E-state index in [2.05, 4.69) is 17.1 Å². The number of carbonyl (C=O) groups excluding carboxylic acids is 1. The summed E-state index contributed by atoms with van der Waals surface area (Å²) in [5, 5.41) is 2.94. The summed E-state index contributed by atoms with van der Waals surface area (Å²) in [6.07, 6.45) is 7.54. The topological polar surface area (TPSA) is 58.4 Å². The third kappa shape index (κ3) is 4.18. The summed E-state index contributed by atoms with van der Waals surface area (Å²) in [6.45, 7) is 5.63. The van der Waals surface area contributed by atoms with E-state index >= 15 is 0 Å². The molecule has 1 heterocycles. The van der Waals surface area contributed by atoms with Crippen molar-refractivity contribution in [2.45, 2.75) is 51.5 Å². The molecule has 1 aliphatic carbocycles. The lowest BCUT2D eigenvalue weighted by Gasteiger charge is -2.40. The fraction of sp³-hybridized carbons (Fsp3) is 0.933. The zero-order chi connectivity index (χ0) is 13.7. The first-order valence-electron chi connectivity index (χ1n) is 7.92. The number of hydrogen-bond acceptors (Lipinski definition) is 3. The van der Waals surface area contributed by atoms with Gasteiger partial charge in [-0.3, -0.25) is 9.69 Å². The van der Waals surface area contributed by atoms with Crippen molar-refractivity contribution in [3.63, 3.8) is 0 Å². The van der Waals surface area contributed by atoms with E-state index in [-0.39, 0.29) is 11.8 Å². The first-order chi connectivity index (χ1) is 9.20. The Hall–Kier alpha value is -0.610. The number of piperidine rings is 1. The number of nitrogens with one attached hydrogen (secondary N) is 1. The molecule has 0 aromatic carbocycles. The monoisotopic (exact) mass is 267 g/mol. The van der Waals surface area contributed by atoms with Gasteiger partial charge in [0.05, 0.1) is 5.92 Å². The lowest BCUT2D eigenvalue weighted by Crippen LogP contribution is -2.48. The first kappa shape index (κ1) is 14.8. The van der Waals surface area contributed by atoms with Gasteiger partial charge in [-0.05, 0) is 51.0 Å². The van der Waals surface area contributed by atoms with Crippen molar-refractivity contribution in [2.24, 2.45) is 17.6 Å². The predicted molar refractivity (Wildman–Crippen MR) is 77.8 cm³/mol. The molecule has 0 spiro atoms. The van der Waals surface area contributed by atoms with Gasteiger partial charge in [-0.1, -0.05) is 6.92 Å². The van der Waals surface area contributed by atoms with Crippen molar-refractivity contribution in [1.29, 1.82) is 0 Å². The third-order valence-corrected chi connectivity index (χ3v) is 4.77. The molecule has 110 valence electrons. The average Bonchev–Trinajstić information content (AvgIpc) is 2.45. The highest BCUT2D eigenvalue weighted by Gasteiger charge is 2.31. The molecule has 2 aliphatic rings. The van der Waals surface area contributed by atoms with E-state index in [0.29, 0.717) is 13.1 Å². The van der Waals surface area contributed by atoms with Crippen molar-refractivity contribution in [3.05, 3.63) is 0 Å². The van der Waals surface area contributed by atoms with Gasteiger partial charge in [0.15, 0.2) is 0 Å². The summed E-state index contributed by atoms with van der Waals surface area (Å²) < 4.78 is 0. The molecule has 19 heavy (non-hydrogen) atoms. The minimum Gasteiger partial charge on any atom is -0.355 e. The lowest BCUT2D eigenvalue weighted by atomic mass is 9.85. The fourth-order valence-corrected chi connectivity index (χ4v) is 3.50. The normalized spacial score (nSPS) is 33.1. The number of nitrogens with two attached hydrogens (primary N) is 1. The van der Waals surface area contributed by atoms with E-state index in [1.165, 1.54) is 32.2 Å². The van der Waals surface area contributed by atoms with E-state index in [0.717, 1.165) is 31.3 Å². The van der Waals surface area contributed by atoms with Gasteiger partial charge in [-0.25, -0.2) is 0 Å². The van der Waals surface area contributed by atoms with Crippen LogP contribution in [0, 0.1) is 11.8 Å². The Morgan fingerprint density at radius 3 is 2.68 bits per heavy atom. The molecule has 1 atom stereocenters. The molecular formula is C15H29N3O.